The first-order chi connectivity index (χ1) is 12.1. The number of fused-ring (bicyclic) bond motifs is 1. The molecule has 2 aromatic heterocycles. The van der Waals surface area contributed by atoms with Crippen LogP contribution in [0.3, 0.4) is 0 Å². The van der Waals surface area contributed by atoms with Gasteiger partial charge < -0.3 is 19.9 Å². The molecule has 3 aromatic rings. The predicted molar refractivity (Wildman–Crippen MR) is 95.7 cm³/mol. The van der Waals surface area contributed by atoms with Crippen LogP contribution in [0.1, 0.15) is 23.7 Å². The normalized spacial score (nSPS) is 10.9. The second kappa shape index (κ2) is 6.88. The van der Waals surface area contributed by atoms with E-state index in [1.807, 2.05) is 18.2 Å². The van der Waals surface area contributed by atoms with Gasteiger partial charge in [-0.25, -0.2) is 9.50 Å². The number of aromatic nitrogens is 3. The van der Waals surface area contributed by atoms with E-state index in [-0.39, 0.29) is 0 Å². The molecule has 0 aliphatic heterocycles. The summed E-state index contributed by atoms with van der Waals surface area (Å²) in [5.41, 5.74) is 9.87. The van der Waals surface area contributed by atoms with Gasteiger partial charge in [0.1, 0.15) is 23.3 Å². The third-order valence-corrected chi connectivity index (χ3v) is 4.26. The van der Waals surface area contributed by atoms with E-state index in [2.05, 4.69) is 17.0 Å². The number of methoxy groups -OCH3 is 3. The van der Waals surface area contributed by atoms with Gasteiger partial charge in [0.25, 0.3) is 0 Å². The molecule has 7 heteroatoms. The number of nitrogen functional groups attached to an aromatic ring is 1. The van der Waals surface area contributed by atoms with E-state index < -0.39 is 0 Å². The summed E-state index contributed by atoms with van der Waals surface area (Å²) in [6.07, 6.45) is 3.04. The molecule has 0 radical (unpaired) electrons. The maximum Gasteiger partial charge on any atom is 0.187 e. The third-order valence-electron chi connectivity index (χ3n) is 4.26. The number of aryl methyl sites for hydroxylation is 1. The summed E-state index contributed by atoms with van der Waals surface area (Å²) in [6, 6.07) is 5.78. The monoisotopic (exact) mass is 342 g/mol. The van der Waals surface area contributed by atoms with Crippen molar-refractivity contribution in [1.82, 2.24) is 14.6 Å². The molecule has 0 saturated carbocycles. The van der Waals surface area contributed by atoms with E-state index in [9.17, 15) is 0 Å². The Morgan fingerprint density at radius 2 is 1.92 bits per heavy atom. The van der Waals surface area contributed by atoms with Crippen LogP contribution >= 0.6 is 0 Å². The highest BCUT2D eigenvalue weighted by molar-refractivity contribution is 5.73. The fourth-order valence-electron chi connectivity index (χ4n) is 3.03. The van der Waals surface area contributed by atoms with Crippen LogP contribution in [-0.4, -0.2) is 35.9 Å². The summed E-state index contributed by atoms with van der Waals surface area (Å²) in [7, 11) is 4.87. The molecule has 2 heterocycles. The van der Waals surface area contributed by atoms with Crippen molar-refractivity contribution in [3.63, 3.8) is 0 Å². The summed E-state index contributed by atoms with van der Waals surface area (Å²) < 4.78 is 17.9. The zero-order valence-electron chi connectivity index (χ0n) is 14.9. The first-order valence-corrected chi connectivity index (χ1v) is 8.02. The zero-order chi connectivity index (χ0) is 18.0. The molecule has 25 heavy (non-hydrogen) atoms. The minimum absolute atomic E-state index is 0.359. The van der Waals surface area contributed by atoms with Gasteiger partial charge in [-0.05, 0) is 12.5 Å². The number of hydrogen-bond acceptors (Lipinski definition) is 6. The largest absolute Gasteiger partial charge is 0.497 e. The van der Waals surface area contributed by atoms with Crippen LogP contribution in [-0.2, 0) is 12.8 Å². The first-order valence-electron chi connectivity index (χ1n) is 8.02. The average Bonchev–Trinajstić information content (AvgIpc) is 2.99. The van der Waals surface area contributed by atoms with Gasteiger partial charge in [-0.1, -0.05) is 13.0 Å². The summed E-state index contributed by atoms with van der Waals surface area (Å²) >= 11 is 0. The molecule has 0 aliphatic rings. The van der Waals surface area contributed by atoms with Crippen LogP contribution in [0.5, 0.6) is 17.2 Å². The van der Waals surface area contributed by atoms with E-state index in [1.54, 1.807) is 32.2 Å². The Morgan fingerprint density at radius 3 is 2.56 bits per heavy atom. The lowest BCUT2D eigenvalue weighted by Crippen LogP contribution is -2.00. The van der Waals surface area contributed by atoms with Crippen molar-refractivity contribution >= 4 is 11.3 Å². The number of anilines is 1. The van der Waals surface area contributed by atoms with E-state index in [0.29, 0.717) is 18.0 Å². The first kappa shape index (κ1) is 16.9. The van der Waals surface area contributed by atoms with Gasteiger partial charge in [-0.3, -0.25) is 0 Å². The zero-order valence-corrected chi connectivity index (χ0v) is 14.9. The maximum atomic E-state index is 5.95. The van der Waals surface area contributed by atoms with E-state index in [0.717, 1.165) is 40.3 Å². The lowest BCUT2D eigenvalue weighted by molar-refractivity contribution is 0.391. The molecule has 0 saturated heterocycles. The minimum atomic E-state index is 0.359. The van der Waals surface area contributed by atoms with E-state index in [1.165, 1.54) is 0 Å². The van der Waals surface area contributed by atoms with Gasteiger partial charge >= 0.3 is 0 Å². The molecular formula is C18H22N4O3. The average molecular weight is 342 g/mol. The van der Waals surface area contributed by atoms with E-state index in [4.69, 9.17) is 19.9 Å². The Hall–Kier alpha value is -2.96. The second-order valence-electron chi connectivity index (χ2n) is 5.59. The Morgan fingerprint density at radius 1 is 1.12 bits per heavy atom. The SMILES string of the molecule is CCc1c(Cc2ccc(OC)cc2OC)nn2cnc(N)c(OC)c12. The van der Waals surface area contributed by atoms with Crippen molar-refractivity contribution in [2.45, 2.75) is 19.8 Å². The summed E-state index contributed by atoms with van der Waals surface area (Å²) in [5.74, 6) is 2.44. The molecule has 0 amide bonds. The number of hydrogen-bond donors (Lipinski definition) is 1. The molecule has 132 valence electrons. The molecule has 0 fully saturated rings. The van der Waals surface area contributed by atoms with Crippen molar-refractivity contribution in [3.05, 3.63) is 41.3 Å². The van der Waals surface area contributed by atoms with Crippen molar-refractivity contribution in [2.75, 3.05) is 27.1 Å². The quantitative estimate of drug-likeness (QED) is 0.741. The number of rotatable bonds is 6. The van der Waals surface area contributed by atoms with Crippen LogP contribution in [0.25, 0.3) is 5.52 Å². The molecule has 0 unspecified atom stereocenters. The Kier molecular flexibility index (Phi) is 4.65. The van der Waals surface area contributed by atoms with Crippen molar-refractivity contribution < 1.29 is 14.2 Å². The number of nitrogens with zero attached hydrogens (tertiary/aromatic N) is 3. The molecule has 3 rings (SSSR count). The lowest BCUT2D eigenvalue weighted by Gasteiger charge is -2.10. The van der Waals surface area contributed by atoms with Crippen molar-refractivity contribution in [2.24, 2.45) is 0 Å². The molecule has 0 bridgehead atoms. The Labute approximate surface area is 146 Å². The smallest absolute Gasteiger partial charge is 0.187 e. The molecule has 1 aromatic carbocycles. The topological polar surface area (TPSA) is 83.9 Å². The lowest BCUT2D eigenvalue weighted by atomic mass is 10.0. The number of benzene rings is 1. The van der Waals surface area contributed by atoms with Crippen molar-refractivity contribution in [1.29, 1.82) is 0 Å². The Balaban J connectivity index is 2.11. The van der Waals surface area contributed by atoms with Crippen molar-refractivity contribution in [3.8, 4) is 17.2 Å². The second-order valence-corrected chi connectivity index (χ2v) is 5.59. The van der Waals surface area contributed by atoms with Gasteiger partial charge in [0.2, 0.25) is 0 Å². The number of ether oxygens (including phenoxy) is 3. The molecular weight excluding hydrogens is 320 g/mol. The third kappa shape index (κ3) is 2.93. The van der Waals surface area contributed by atoms with Crippen LogP contribution in [0.4, 0.5) is 5.82 Å². The predicted octanol–water partition coefficient (Wildman–Crippen LogP) is 2.49. The fourth-order valence-corrected chi connectivity index (χ4v) is 3.03. The Bertz CT molecular complexity index is 905. The number of nitrogens with two attached hydrogens (primary N) is 1. The molecule has 2 N–H and O–H groups in total. The highest BCUT2D eigenvalue weighted by atomic mass is 16.5. The summed E-state index contributed by atoms with van der Waals surface area (Å²) in [6.45, 7) is 2.09. The molecule has 0 spiro atoms. The van der Waals surface area contributed by atoms with E-state index >= 15 is 0 Å². The van der Waals surface area contributed by atoms with Gasteiger partial charge in [0.15, 0.2) is 11.6 Å². The maximum absolute atomic E-state index is 5.95. The van der Waals surface area contributed by atoms with Gasteiger partial charge in [0.05, 0.1) is 27.0 Å². The molecule has 0 atom stereocenters. The van der Waals surface area contributed by atoms with Crippen LogP contribution in [0.2, 0.25) is 0 Å². The summed E-state index contributed by atoms with van der Waals surface area (Å²) in [5, 5.41) is 4.68. The molecule has 7 nitrogen and oxygen atoms in total. The van der Waals surface area contributed by atoms with Gasteiger partial charge in [-0.15, -0.1) is 0 Å². The highest BCUT2D eigenvalue weighted by Crippen LogP contribution is 2.32. The minimum Gasteiger partial charge on any atom is -0.497 e. The van der Waals surface area contributed by atoms with Crippen LogP contribution in [0.15, 0.2) is 24.5 Å². The molecule has 0 aliphatic carbocycles. The van der Waals surface area contributed by atoms with Crippen LogP contribution in [0, 0.1) is 0 Å². The van der Waals surface area contributed by atoms with Crippen LogP contribution < -0.4 is 19.9 Å². The summed E-state index contributed by atoms with van der Waals surface area (Å²) in [4.78, 5) is 4.14. The fraction of sp³-hybridized carbons (Fsp3) is 0.333. The van der Waals surface area contributed by atoms with Gasteiger partial charge in [-0.2, -0.15) is 5.10 Å². The van der Waals surface area contributed by atoms with Gasteiger partial charge in [0, 0.05) is 23.6 Å². The highest BCUT2D eigenvalue weighted by Gasteiger charge is 2.19. The standard InChI is InChI=1S/C18H22N4O3/c1-5-13-14(8-11-6-7-12(23-2)9-15(11)24-3)21-22-10-20-18(19)17(25-4)16(13)22/h6-7,9-10H,5,8,19H2,1-4H3.